The molecule has 0 bridgehead atoms. The fourth-order valence-electron chi connectivity index (χ4n) is 3.37. The van der Waals surface area contributed by atoms with Crippen LogP contribution in [0.25, 0.3) is 22.3 Å². The van der Waals surface area contributed by atoms with Gasteiger partial charge in [0.05, 0.1) is 16.4 Å². The molecule has 8 heteroatoms. The standard InChI is InChI=1S/C20H13O5P.C6H16N2/c21-19(22)14-8-4-12(5-9-14)16-2-1-3-17(26-25)18(16)13-6-10-15(11-7-13)20(23)24;7-5-3-1-2-4-6-8/h1-11H,(H,21,22)(H,23,24);1-8H2. The Kier molecular flexibility index (Phi) is 11.1. The van der Waals surface area contributed by atoms with Crippen molar-refractivity contribution in [3.8, 4) is 22.3 Å². The van der Waals surface area contributed by atoms with E-state index < -0.39 is 11.9 Å². The van der Waals surface area contributed by atoms with Gasteiger partial charge in [-0.15, -0.1) is 0 Å². The molecular formula is C26H29N2O5P. The van der Waals surface area contributed by atoms with Crippen LogP contribution in [0, 0.1) is 0 Å². The lowest BCUT2D eigenvalue weighted by molar-refractivity contribution is 0.0686. The predicted octanol–water partition coefficient (Wildman–Crippen LogP) is 4.80. The van der Waals surface area contributed by atoms with Gasteiger partial charge < -0.3 is 21.7 Å². The van der Waals surface area contributed by atoms with Crippen molar-refractivity contribution in [3.63, 3.8) is 0 Å². The van der Waals surface area contributed by atoms with Gasteiger partial charge in [0.1, 0.15) is 0 Å². The Labute approximate surface area is 200 Å². The molecule has 0 aliphatic heterocycles. The first kappa shape index (κ1) is 26.9. The Hall–Kier alpha value is -3.38. The Bertz CT molecular complexity index is 1090. The van der Waals surface area contributed by atoms with Gasteiger partial charge in [0.2, 0.25) is 0 Å². The van der Waals surface area contributed by atoms with Gasteiger partial charge in [-0.25, -0.2) is 9.59 Å². The first-order chi connectivity index (χ1) is 16.4. The Balaban J connectivity index is 0.000000440. The van der Waals surface area contributed by atoms with Crippen LogP contribution in [-0.4, -0.2) is 35.2 Å². The fourth-order valence-corrected chi connectivity index (χ4v) is 3.86. The molecule has 0 aliphatic carbocycles. The predicted molar refractivity (Wildman–Crippen MR) is 135 cm³/mol. The smallest absolute Gasteiger partial charge is 0.335 e. The van der Waals surface area contributed by atoms with Crippen molar-refractivity contribution in [3.05, 3.63) is 77.9 Å². The summed E-state index contributed by atoms with van der Waals surface area (Å²) in [7, 11) is -0.161. The molecule has 3 aromatic carbocycles. The molecule has 178 valence electrons. The van der Waals surface area contributed by atoms with E-state index in [1.54, 1.807) is 36.4 Å². The summed E-state index contributed by atoms with van der Waals surface area (Å²) in [5.74, 6) is -2.02. The largest absolute Gasteiger partial charge is 0.478 e. The van der Waals surface area contributed by atoms with Crippen LogP contribution >= 0.6 is 8.46 Å². The van der Waals surface area contributed by atoms with Gasteiger partial charge >= 0.3 is 11.9 Å². The summed E-state index contributed by atoms with van der Waals surface area (Å²) in [6.45, 7) is 1.65. The van der Waals surface area contributed by atoms with Crippen molar-refractivity contribution < 1.29 is 24.4 Å². The summed E-state index contributed by atoms with van der Waals surface area (Å²) in [5.41, 5.74) is 13.9. The molecule has 0 spiro atoms. The molecule has 3 aromatic rings. The van der Waals surface area contributed by atoms with E-state index >= 15 is 0 Å². The first-order valence-corrected chi connectivity index (χ1v) is 11.8. The van der Waals surface area contributed by atoms with Gasteiger partial charge in [0, 0.05) is 5.56 Å². The van der Waals surface area contributed by atoms with Crippen molar-refractivity contribution in [1.82, 2.24) is 0 Å². The van der Waals surface area contributed by atoms with Crippen molar-refractivity contribution in [2.24, 2.45) is 11.5 Å². The SMILES string of the molecule is NCCCCCCN.O=Pc1cccc(-c2ccc(C(=O)O)cc2)c1-c1ccc(C(=O)O)cc1. The van der Waals surface area contributed by atoms with E-state index in [0.29, 0.717) is 10.9 Å². The third-order valence-corrected chi connectivity index (χ3v) is 5.73. The van der Waals surface area contributed by atoms with Gasteiger partial charge in [-0.05, 0) is 73.0 Å². The van der Waals surface area contributed by atoms with E-state index in [0.717, 1.165) is 42.6 Å². The third kappa shape index (κ3) is 7.59. The monoisotopic (exact) mass is 480 g/mol. The van der Waals surface area contributed by atoms with Crippen LogP contribution in [0.4, 0.5) is 0 Å². The molecule has 0 aromatic heterocycles. The van der Waals surface area contributed by atoms with E-state index in [-0.39, 0.29) is 19.6 Å². The lowest BCUT2D eigenvalue weighted by Crippen LogP contribution is -2.02. The number of unbranched alkanes of at least 4 members (excludes halogenated alkanes) is 3. The second-order valence-corrected chi connectivity index (χ2v) is 8.21. The summed E-state index contributed by atoms with van der Waals surface area (Å²) in [5, 5.41) is 18.7. The third-order valence-electron chi connectivity index (χ3n) is 5.16. The number of carbonyl (C=O) groups is 2. The summed E-state index contributed by atoms with van der Waals surface area (Å²) >= 11 is 0. The second kappa shape index (κ2) is 14.0. The van der Waals surface area contributed by atoms with Gasteiger partial charge in [-0.2, -0.15) is 0 Å². The topological polar surface area (TPSA) is 144 Å². The maximum Gasteiger partial charge on any atom is 0.335 e. The maximum absolute atomic E-state index is 11.6. The molecule has 0 unspecified atom stereocenters. The minimum Gasteiger partial charge on any atom is -0.478 e. The quantitative estimate of drug-likeness (QED) is 0.241. The molecule has 0 heterocycles. The summed E-state index contributed by atoms with van der Waals surface area (Å²) in [6, 6.07) is 18.1. The molecule has 0 saturated heterocycles. The summed E-state index contributed by atoms with van der Waals surface area (Å²) < 4.78 is 11.6. The van der Waals surface area contributed by atoms with E-state index in [1.807, 2.05) is 6.07 Å². The molecule has 0 fully saturated rings. The highest BCUT2D eigenvalue weighted by molar-refractivity contribution is 7.34. The molecular weight excluding hydrogens is 451 g/mol. The lowest BCUT2D eigenvalue weighted by Gasteiger charge is -2.13. The molecule has 0 aliphatic rings. The van der Waals surface area contributed by atoms with E-state index in [4.69, 9.17) is 21.7 Å². The van der Waals surface area contributed by atoms with E-state index in [2.05, 4.69) is 0 Å². The molecule has 6 N–H and O–H groups in total. The van der Waals surface area contributed by atoms with Crippen molar-refractivity contribution in [2.45, 2.75) is 25.7 Å². The molecule has 0 amide bonds. The number of aromatic carboxylic acids is 2. The lowest BCUT2D eigenvalue weighted by atomic mass is 9.93. The van der Waals surface area contributed by atoms with Crippen LogP contribution in [0.2, 0.25) is 0 Å². The summed E-state index contributed by atoms with van der Waals surface area (Å²) in [4.78, 5) is 22.1. The molecule has 34 heavy (non-hydrogen) atoms. The minimum absolute atomic E-state index is 0.161. The molecule has 0 radical (unpaired) electrons. The molecule has 0 saturated carbocycles. The number of carboxylic acids is 2. The van der Waals surface area contributed by atoms with Crippen LogP contribution in [0.5, 0.6) is 0 Å². The molecule has 3 rings (SSSR count). The van der Waals surface area contributed by atoms with Crippen LogP contribution in [0.15, 0.2) is 66.7 Å². The van der Waals surface area contributed by atoms with Gasteiger partial charge in [0.25, 0.3) is 0 Å². The maximum atomic E-state index is 11.6. The number of rotatable bonds is 10. The average Bonchev–Trinajstić information content (AvgIpc) is 2.86. The average molecular weight is 481 g/mol. The normalized spacial score (nSPS) is 10.4. The number of carboxylic acid groups (broad SMARTS) is 2. The Morgan fingerprint density at radius 2 is 1.15 bits per heavy atom. The highest BCUT2D eigenvalue weighted by atomic mass is 31.1. The fraction of sp³-hybridized carbons (Fsp3) is 0.231. The molecule has 0 atom stereocenters. The zero-order chi connectivity index (χ0) is 24.9. The highest BCUT2D eigenvalue weighted by Crippen LogP contribution is 2.33. The van der Waals surface area contributed by atoms with Gasteiger partial charge in [0.15, 0.2) is 8.46 Å². The van der Waals surface area contributed by atoms with E-state index in [9.17, 15) is 14.2 Å². The van der Waals surface area contributed by atoms with Crippen molar-refractivity contribution in [2.75, 3.05) is 13.1 Å². The Morgan fingerprint density at radius 3 is 1.56 bits per heavy atom. The number of nitrogens with two attached hydrogens (primary N) is 2. The zero-order valence-corrected chi connectivity index (χ0v) is 19.7. The van der Waals surface area contributed by atoms with Crippen molar-refractivity contribution in [1.29, 1.82) is 0 Å². The van der Waals surface area contributed by atoms with Gasteiger partial charge in [-0.3, -0.25) is 4.57 Å². The van der Waals surface area contributed by atoms with Crippen LogP contribution in [0.3, 0.4) is 0 Å². The zero-order valence-electron chi connectivity index (χ0n) is 18.8. The Morgan fingerprint density at radius 1 is 0.676 bits per heavy atom. The van der Waals surface area contributed by atoms with Crippen LogP contribution in [0.1, 0.15) is 46.4 Å². The first-order valence-electron chi connectivity index (χ1n) is 11.0. The number of benzene rings is 3. The summed E-state index contributed by atoms with van der Waals surface area (Å²) in [6.07, 6.45) is 4.79. The van der Waals surface area contributed by atoms with Gasteiger partial charge in [-0.1, -0.05) is 49.2 Å². The number of hydrogen-bond acceptors (Lipinski definition) is 5. The van der Waals surface area contributed by atoms with Crippen LogP contribution < -0.4 is 16.8 Å². The highest BCUT2D eigenvalue weighted by Gasteiger charge is 2.14. The minimum atomic E-state index is -1.02. The second-order valence-electron chi connectivity index (χ2n) is 7.55. The van der Waals surface area contributed by atoms with Crippen molar-refractivity contribution >= 4 is 25.7 Å². The van der Waals surface area contributed by atoms with E-state index in [1.165, 1.54) is 37.1 Å². The molecule has 7 nitrogen and oxygen atoms in total. The number of hydrogen-bond donors (Lipinski definition) is 4. The van der Waals surface area contributed by atoms with Crippen LogP contribution in [-0.2, 0) is 4.57 Å².